The molecule has 0 aliphatic carbocycles. The maximum Gasteiger partial charge on any atom is 0.326 e. The van der Waals surface area contributed by atoms with Gasteiger partial charge in [-0.25, -0.2) is 4.79 Å². The van der Waals surface area contributed by atoms with Crippen LogP contribution in [0.4, 0.5) is 0 Å². The molecule has 4 unspecified atom stereocenters. The third-order valence-corrected chi connectivity index (χ3v) is 6.64. The van der Waals surface area contributed by atoms with Crippen LogP contribution in [0.2, 0.25) is 0 Å². The Morgan fingerprint density at radius 2 is 1.51 bits per heavy atom. The Kier molecular flexibility index (Phi) is 13.2. The summed E-state index contributed by atoms with van der Waals surface area (Å²) in [6, 6.07) is 2.79. The van der Waals surface area contributed by atoms with Gasteiger partial charge in [0.15, 0.2) is 0 Å². The lowest BCUT2D eigenvalue weighted by Gasteiger charge is -2.25. The summed E-state index contributed by atoms with van der Waals surface area (Å²) in [4.78, 5) is 65.6. The molecule has 13 nitrogen and oxygen atoms in total. The van der Waals surface area contributed by atoms with Gasteiger partial charge in [-0.2, -0.15) is 0 Å². The number of unbranched alkanes of at least 4 members (excludes halogenated alkanes) is 1. The third kappa shape index (κ3) is 10.8. The lowest BCUT2D eigenvalue weighted by molar-refractivity contribution is -0.143. The molecule has 0 fully saturated rings. The summed E-state index contributed by atoms with van der Waals surface area (Å²) in [5, 5.41) is 27.2. The van der Waals surface area contributed by atoms with Crippen LogP contribution in [0.25, 0.3) is 10.9 Å². The van der Waals surface area contributed by atoms with E-state index in [1.54, 1.807) is 20.0 Å². The topological polar surface area (TPSA) is 230 Å². The second-order valence-electron chi connectivity index (χ2n) is 10.5. The number of hydrogen-bond donors (Lipinski definition) is 8. The van der Waals surface area contributed by atoms with E-state index in [0.717, 1.165) is 16.5 Å². The molecule has 2 rings (SSSR count). The molecule has 0 spiro atoms. The number of rotatable bonds is 18. The van der Waals surface area contributed by atoms with E-state index >= 15 is 0 Å². The van der Waals surface area contributed by atoms with Gasteiger partial charge in [0.25, 0.3) is 0 Å². The van der Waals surface area contributed by atoms with Crippen LogP contribution in [-0.2, 0) is 30.4 Å². The Morgan fingerprint density at radius 3 is 2.15 bits per heavy atom. The minimum Gasteiger partial charge on any atom is -0.481 e. The van der Waals surface area contributed by atoms with Crippen LogP contribution in [0.5, 0.6) is 0 Å². The van der Waals surface area contributed by atoms with Crippen LogP contribution < -0.4 is 27.4 Å². The number of H-pyrrole nitrogens is 1. The van der Waals surface area contributed by atoms with E-state index in [1.165, 1.54) is 0 Å². The van der Waals surface area contributed by atoms with E-state index < -0.39 is 60.2 Å². The van der Waals surface area contributed by atoms with Crippen molar-refractivity contribution in [2.24, 2.45) is 17.4 Å². The van der Waals surface area contributed by atoms with Gasteiger partial charge in [-0.1, -0.05) is 38.5 Å². The molecular formula is C28H42N6O7. The van der Waals surface area contributed by atoms with Crippen LogP contribution in [0.3, 0.4) is 0 Å². The van der Waals surface area contributed by atoms with Gasteiger partial charge in [0, 0.05) is 29.9 Å². The maximum atomic E-state index is 13.5. The van der Waals surface area contributed by atoms with Gasteiger partial charge in [-0.3, -0.25) is 19.2 Å². The second-order valence-corrected chi connectivity index (χ2v) is 10.5. The summed E-state index contributed by atoms with van der Waals surface area (Å²) >= 11 is 0. The number of carboxylic acid groups (broad SMARTS) is 2. The molecule has 0 aliphatic heterocycles. The number of fused-ring (bicyclic) bond motifs is 1. The first-order valence-electron chi connectivity index (χ1n) is 13.8. The van der Waals surface area contributed by atoms with Crippen LogP contribution in [0, 0.1) is 5.92 Å². The summed E-state index contributed by atoms with van der Waals surface area (Å²) < 4.78 is 0. The minimum absolute atomic E-state index is 0.0479. The lowest BCUT2D eigenvalue weighted by Crippen LogP contribution is -2.57. The molecule has 0 saturated carbocycles. The first kappa shape index (κ1) is 33.2. The second kappa shape index (κ2) is 16.3. The standard InChI is InChI=1S/C28H42N6O7/c1-16(2)13-23(28(40)41)34-26(38)21(10-11-24(35)36)32-27(39)22(33-25(37)19(30)8-5-6-12-29)14-17-15-31-20-9-4-3-7-18(17)20/h3-4,7,9,15-16,19,21-23,31H,5-6,8,10-14,29-30H2,1-2H3,(H,32,39)(H,33,37)(H,34,38)(H,35,36)(H,40,41). The Bertz CT molecular complexity index is 1200. The van der Waals surface area contributed by atoms with Gasteiger partial charge in [-0.05, 0) is 49.8 Å². The molecule has 226 valence electrons. The van der Waals surface area contributed by atoms with Crippen LogP contribution in [-0.4, -0.2) is 75.6 Å². The highest BCUT2D eigenvalue weighted by atomic mass is 16.4. The Labute approximate surface area is 238 Å². The van der Waals surface area contributed by atoms with E-state index in [-0.39, 0.29) is 25.2 Å². The highest BCUT2D eigenvalue weighted by molar-refractivity contribution is 5.95. The molecule has 0 radical (unpaired) electrons. The van der Waals surface area contributed by atoms with Crippen molar-refractivity contribution in [3.63, 3.8) is 0 Å². The van der Waals surface area contributed by atoms with Crippen LogP contribution in [0.15, 0.2) is 30.5 Å². The number of nitrogens with two attached hydrogens (primary N) is 2. The predicted octanol–water partition coefficient (Wildman–Crippen LogP) is 0.617. The van der Waals surface area contributed by atoms with Crippen molar-refractivity contribution in [2.75, 3.05) is 6.54 Å². The van der Waals surface area contributed by atoms with Crippen molar-refractivity contribution in [1.29, 1.82) is 0 Å². The average molecular weight is 575 g/mol. The zero-order valence-corrected chi connectivity index (χ0v) is 23.5. The highest BCUT2D eigenvalue weighted by Gasteiger charge is 2.31. The van der Waals surface area contributed by atoms with Crippen molar-refractivity contribution in [2.45, 2.75) is 83.0 Å². The lowest BCUT2D eigenvalue weighted by atomic mass is 10.0. The molecule has 4 atom stereocenters. The quantitative estimate of drug-likeness (QED) is 0.116. The van der Waals surface area contributed by atoms with E-state index in [9.17, 15) is 34.2 Å². The molecule has 1 aromatic heterocycles. The van der Waals surface area contributed by atoms with Crippen molar-refractivity contribution < 1.29 is 34.2 Å². The van der Waals surface area contributed by atoms with Crippen LogP contribution >= 0.6 is 0 Å². The number of nitrogens with one attached hydrogen (secondary N) is 4. The molecule has 1 heterocycles. The Morgan fingerprint density at radius 1 is 0.878 bits per heavy atom. The van der Waals surface area contributed by atoms with E-state index in [4.69, 9.17) is 11.5 Å². The van der Waals surface area contributed by atoms with Crippen molar-refractivity contribution >= 4 is 40.6 Å². The first-order valence-corrected chi connectivity index (χ1v) is 13.8. The smallest absolute Gasteiger partial charge is 0.326 e. The molecule has 3 amide bonds. The monoisotopic (exact) mass is 574 g/mol. The van der Waals surface area contributed by atoms with Crippen molar-refractivity contribution in [3.8, 4) is 0 Å². The molecule has 13 heteroatoms. The summed E-state index contributed by atoms with van der Waals surface area (Å²) in [5.41, 5.74) is 13.1. The molecule has 41 heavy (non-hydrogen) atoms. The van der Waals surface area contributed by atoms with E-state index in [0.29, 0.717) is 25.8 Å². The van der Waals surface area contributed by atoms with Gasteiger partial charge < -0.3 is 42.6 Å². The molecule has 0 aliphatic rings. The highest BCUT2D eigenvalue weighted by Crippen LogP contribution is 2.19. The number of amides is 3. The Hall–Kier alpha value is -3.97. The number of aliphatic carboxylic acids is 2. The number of carbonyl (C=O) groups is 5. The van der Waals surface area contributed by atoms with Gasteiger partial charge >= 0.3 is 11.9 Å². The molecule has 10 N–H and O–H groups in total. The van der Waals surface area contributed by atoms with Crippen molar-refractivity contribution in [3.05, 3.63) is 36.0 Å². The van der Waals surface area contributed by atoms with Crippen LogP contribution in [0.1, 0.15) is 57.9 Å². The fourth-order valence-electron chi connectivity index (χ4n) is 4.42. The fraction of sp³-hybridized carbons (Fsp3) is 0.536. The predicted molar refractivity (Wildman–Crippen MR) is 153 cm³/mol. The molecule has 1 aromatic carbocycles. The number of carboxylic acids is 2. The first-order chi connectivity index (χ1) is 19.4. The number of aromatic amines is 1. The average Bonchev–Trinajstić information content (AvgIpc) is 3.32. The van der Waals surface area contributed by atoms with Gasteiger partial charge in [-0.15, -0.1) is 0 Å². The maximum absolute atomic E-state index is 13.5. The fourth-order valence-corrected chi connectivity index (χ4v) is 4.42. The number of carbonyl (C=O) groups excluding carboxylic acids is 3. The number of hydrogen-bond acceptors (Lipinski definition) is 7. The van der Waals surface area contributed by atoms with Crippen molar-refractivity contribution in [1.82, 2.24) is 20.9 Å². The SMILES string of the molecule is CC(C)CC(NC(=O)C(CCC(=O)O)NC(=O)C(Cc1c[nH]c2ccccc12)NC(=O)C(N)CCCCN)C(=O)O. The van der Waals surface area contributed by atoms with Gasteiger partial charge in [0.1, 0.15) is 18.1 Å². The van der Waals surface area contributed by atoms with E-state index in [1.807, 2.05) is 24.3 Å². The zero-order valence-electron chi connectivity index (χ0n) is 23.5. The molecular weight excluding hydrogens is 532 g/mol. The van der Waals surface area contributed by atoms with E-state index in [2.05, 4.69) is 20.9 Å². The summed E-state index contributed by atoms with van der Waals surface area (Å²) in [6.45, 7) is 4.05. The zero-order chi connectivity index (χ0) is 30.5. The number of benzene rings is 1. The summed E-state index contributed by atoms with van der Waals surface area (Å²) in [7, 11) is 0. The number of para-hydroxylation sites is 1. The third-order valence-electron chi connectivity index (χ3n) is 6.64. The normalized spacial score (nSPS) is 14.2. The minimum atomic E-state index is -1.35. The molecule has 2 aromatic rings. The van der Waals surface area contributed by atoms with Gasteiger partial charge in [0.05, 0.1) is 6.04 Å². The summed E-state index contributed by atoms with van der Waals surface area (Å²) in [5.74, 6) is -4.61. The Balaban J connectivity index is 2.29. The van der Waals surface area contributed by atoms with Gasteiger partial charge in [0.2, 0.25) is 17.7 Å². The summed E-state index contributed by atoms with van der Waals surface area (Å²) in [6.07, 6.45) is 2.85. The molecule has 0 saturated heterocycles. The molecule has 0 bridgehead atoms. The largest absolute Gasteiger partial charge is 0.481 e. The number of aromatic nitrogens is 1.